The van der Waals surface area contributed by atoms with Crippen LogP contribution in [0.2, 0.25) is 5.02 Å². The molecule has 0 radical (unpaired) electrons. The number of oxazole rings is 1. The minimum atomic E-state index is -0.365. The van der Waals surface area contributed by atoms with Crippen molar-refractivity contribution in [1.29, 1.82) is 0 Å². The number of halogens is 1. The Kier molecular flexibility index (Phi) is 5.34. The van der Waals surface area contributed by atoms with Gasteiger partial charge in [0, 0.05) is 22.3 Å². The molecule has 0 aliphatic rings. The Morgan fingerprint density at radius 1 is 1.19 bits per heavy atom. The first-order valence-corrected chi connectivity index (χ1v) is 8.39. The highest BCUT2D eigenvalue weighted by atomic mass is 35.5. The molecule has 1 heterocycles. The van der Waals surface area contributed by atoms with Crippen molar-refractivity contribution in [2.45, 2.75) is 6.92 Å². The van der Waals surface area contributed by atoms with Gasteiger partial charge in [-0.05, 0) is 24.6 Å². The van der Waals surface area contributed by atoms with Crippen LogP contribution in [0.5, 0.6) is 0 Å². The van der Waals surface area contributed by atoms with Crippen molar-refractivity contribution in [3.63, 3.8) is 0 Å². The number of anilines is 1. The zero-order valence-electron chi connectivity index (χ0n) is 14.2. The van der Waals surface area contributed by atoms with Gasteiger partial charge in [0.15, 0.2) is 11.5 Å². The highest BCUT2D eigenvalue weighted by Gasteiger charge is 2.21. The summed E-state index contributed by atoms with van der Waals surface area (Å²) in [4.78, 5) is 17.2. The Morgan fingerprint density at radius 2 is 1.96 bits per heavy atom. The van der Waals surface area contributed by atoms with E-state index in [1.165, 1.54) is 0 Å². The van der Waals surface area contributed by atoms with Gasteiger partial charge in [0.25, 0.3) is 5.91 Å². The lowest BCUT2D eigenvalue weighted by Gasteiger charge is -2.08. The van der Waals surface area contributed by atoms with Crippen LogP contribution in [0.4, 0.5) is 5.69 Å². The fraction of sp³-hybridized carbons (Fsp3) is 0.0476. The first-order chi connectivity index (χ1) is 12.6. The highest BCUT2D eigenvalue weighted by molar-refractivity contribution is 6.31. The van der Waals surface area contributed by atoms with Crippen molar-refractivity contribution < 1.29 is 9.21 Å². The third kappa shape index (κ3) is 3.76. The van der Waals surface area contributed by atoms with Gasteiger partial charge in [0.2, 0.25) is 5.89 Å². The van der Waals surface area contributed by atoms with Crippen LogP contribution in [-0.4, -0.2) is 10.9 Å². The van der Waals surface area contributed by atoms with Crippen molar-refractivity contribution in [3.05, 3.63) is 89.4 Å². The van der Waals surface area contributed by atoms with Crippen LogP contribution in [0.3, 0.4) is 0 Å². The predicted octanol–water partition coefficient (Wildman–Crippen LogP) is 5.75. The molecule has 0 bridgehead atoms. The molecule has 130 valence electrons. The summed E-state index contributed by atoms with van der Waals surface area (Å²) in [5, 5.41) is 3.44. The minimum Gasteiger partial charge on any atom is -0.436 e. The Morgan fingerprint density at radius 3 is 2.69 bits per heavy atom. The quantitative estimate of drug-likeness (QED) is 0.586. The fourth-order valence-corrected chi connectivity index (χ4v) is 2.60. The largest absolute Gasteiger partial charge is 0.436 e. The number of amides is 1. The van der Waals surface area contributed by atoms with Crippen LogP contribution in [0.15, 0.2) is 71.7 Å². The minimum absolute atomic E-state index is 0.208. The SMILES string of the molecule is C=C/C=C/c1nc(C(=O)Nc2cccc(Cl)c2C)c(-c2ccccc2)o1. The maximum Gasteiger partial charge on any atom is 0.278 e. The molecule has 1 amide bonds. The van der Waals surface area contributed by atoms with Crippen LogP contribution >= 0.6 is 11.6 Å². The van der Waals surface area contributed by atoms with Crippen LogP contribution in [0.1, 0.15) is 21.9 Å². The number of allylic oxidation sites excluding steroid dienone is 2. The summed E-state index contributed by atoms with van der Waals surface area (Å²) in [7, 11) is 0. The topological polar surface area (TPSA) is 55.1 Å². The van der Waals surface area contributed by atoms with Gasteiger partial charge < -0.3 is 9.73 Å². The molecule has 0 atom stereocenters. The third-order valence-corrected chi connectivity index (χ3v) is 4.19. The maximum absolute atomic E-state index is 12.8. The number of hydrogen-bond donors (Lipinski definition) is 1. The van der Waals surface area contributed by atoms with Crippen LogP contribution in [0.25, 0.3) is 17.4 Å². The number of aromatic nitrogens is 1. The van der Waals surface area contributed by atoms with E-state index in [4.69, 9.17) is 16.0 Å². The zero-order chi connectivity index (χ0) is 18.5. The lowest BCUT2D eigenvalue weighted by atomic mass is 10.1. The molecule has 2 aromatic carbocycles. The average Bonchev–Trinajstić information content (AvgIpc) is 3.09. The van der Waals surface area contributed by atoms with E-state index < -0.39 is 0 Å². The summed E-state index contributed by atoms with van der Waals surface area (Å²) in [5.41, 5.74) is 2.40. The number of nitrogens with one attached hydrogen (secondary N) is 1. The van der Waals surface area contributed by atoms with Crippen molar-refractivity contribution in [2.24, 2.45) is 0 Å². The molecule has 3 aromatic rings. The van der Waals surface area contributed by atoms with Gasteiger partial charge in [-0.15, -0.1) is 0 Å². The summed E-state index contributed by atoms with van der Waals surface area (Å²) < 4.78 is 5.78. The molecule has 0 aliphatic heterocycles. The number of rotatable bonds is 5. The second-order valence-corrected chi connectivity index (χ2v) is 5.96. The first kappa shape index (κ1) is 17.7. The molecule has 26 heavy (non-hydrogen) atoms. The van der Waals surface area contributed by atoms with Gasteiger partial charge >= 0.3 is 0 Å². The maximum atomic E-state index is 12.8. The van der Waals surface area contributed by atoms with Crippen LogP contribution < -0.4 is 5.32 Å². The van der Waals surface area contributed by atoms with E-state index in [2.05, 4.69) is 16.9 Å². The Labute approximate surface area is 156 Å². The monoisotopic (exact) mass is 364 g/mol. The summed E-state index contributed by atoms with van der Waals surface area (Å²) in [6.07, 6.45) is 4.96. The molecule has 1 N–H and O–H groups in total. The van der Waals surface area contributed by atoms with Crippen molar-refractivity contribution in [3.8, 4) is 11.3 Å². The Balaban J connectivity index is 2.00. The van der Waals surface area contributed by atoms with E-state index in [1.54, 1.807) is 36.4 Å². The van der Waals surface area contributed by atoms with E-state index in [0.717, 1.165) is 11.1 Å². The van der Waals surface area contributed by atoms with E-state index in [1.807, 2.05) is 37.3 Å². The second kappa shape index (κ2) is 7.85. The molecule has 0 saturated heterocycles. The van der Waals surface area contributed by atoms with Gasteiger partial charge in [-0.25, -0.2) is 4.98 Å². The van der Waals surface area contributed by atoms with Gasteiger partial charge in [0.05, 0.1) is 0 Å². The first-order valence-electron chi connectivity index (χ1n) is 8.02. The van der Waals surface area contributed by atoms with Crippen molar-refractivity contribution >= 4 is 29.3 Å². The van der Waals surface area contributed by atoms with E-state index in [0.29, 0.717) is 22.4 Å². The van der Waals surface area contributed by atoms with Crippen LogP contribution in [0, 0.1) is 6.92 Å². The number of carbonyl (C=O) groups excluding carboxylic acids is 1. The van der Waals surface area contributed by atoms with Gasteiger partial charge in [-0.1, -0.05) is 66.7 Å². The van der Waals surface area contributed by atoms with E-state index >= 15 is 0 Å². The molecule has 1 aromatic heterocycles. The third-order valence-electron chi connectivity index (χ3n) is 3.79. The van der Waals surface area contributed by atoms with E-state index in [9.17, 15) is 4.79 Å². The highest BCUT2D eigenvalue weighted by Crippen LogP contribution is 2.28. The molecule has 3 rings (SSSR count). The molecule has 0 saturated carbocycles. The second-order valence-electron chi connectivity index (χ2n) is 5.56. The molecule has 4 nitrogen and oxygen atoms in total. The summed E-state index contributed by atoms with van der Waals surface area (Å²) in [6.45, 7) is 5.47. The molecular weight excluding hydrogens is 348 g/mol. The van der Waals surface area contributed by atoms with Gasteiger partial charge in [-0.2, -0.15) is 0 Å². The summed E-state index contributed by atoms with van der Waals surface area (Å²) >= 11 is 6.13. The standard InChI is InChI=1S/C21H17ClN2O2/c1-3-4-13-18-24-19(20(26-18)15-9-6-5-7-10-15)21(25)23-17-12-8-11-16(22)14(17)2/h3-13H,1H2,2H3,(H,23,25)/b13-4+. The molecule has 5 heteroatoms. The number of nitrogens with zero attached hydrogens (tertiary/aromatic N) is 1. The smallest absolute Gasteiger partial charge is 0.278 e. The van der Waals surface area contributed by atoms with Crippen molar-refractivity contribution in [2.75, 3.05) is 5.32 Å². The molecule has 0 spiro atoms. The summed E-state index contributed by atoms with van der Waals surface area (Å²) in [6, 6.07) is 14.7. The summed E-state index contributed by atoms with van der Waals surface area (Å²) in [5.74, 6) is 0.374. The molecule has 0 unspecified atom stereocenters. The fourth-order valence-electron chi connectivity index (χ4n) is 2.42. The molecule has 0 aliphatic carbocycles. The van der Waals surface area contributed by atoms with Crippen molar-refractivity contribution in [1.82, 2.24) is 4.98 Å². The molecule has 0 fully saturated rings. The van der Waals surface area contributed by atoms with Crippen LogP contribution in [-0.2, 0) is 0 Å². The zero-order valence-corrected chi connectivity index (χ0v) is 15.0. The lowest BCUT2D eigenvalue weighted by Crippen LogP contribution is -2.14. The molecular formula is C21H17ClN2O2. The van der Waals surface area contributed by atoms with Gasteiger partial charge in [0.1, 0.15) is 0 Å². The lowest BCUT2D eigenvalue weighted by molar-refractivity contribution is 0.102. The Bertz CT molecular complexity index is 975. The van der Waals surface area contributed by atoms with E-state index in [-0.39, 0.29) is 11.6 Å². The Hall–Kier alpha value is -3.11. The number of carbonyl (C=O) groups is 1. The number of benzene rings is 2. The number of hydrogen-bond acceptors (Lipinski definition) is 3. The average molecular weight is 365 g/mol. The van der Waals surface area contributed by atoms with Gasteiger partial charge in [-0.3, -0.25) is 4.79 Å². The predicted molar refractivity (Wildman–Crippen MR) is 105 cm³/mol. The normalized spacial score (nSPS) is 10.8.